The number of halogens is 2. The molecule has 0 atom stereocenters. The van der Waals surface area contributed by atoms with E-state index in [9.17, 15) is 4.39 Å². The fourth-order valence-electron chi connectivity index (χ4n) is 2.10. The van der Waals surface area contributed by atoms with E-state index in [0.717, 1.165) is 17.1 Å². The quantitative estimate of drug-likeness (QED) is 0.907. The van der Waals surface area contributed by atoms with Crippen LogP contribution in [0.15, 0.2) is 23.6 Å². The Morgan fingerprint density at radius 2 is 2.15 bits per heavy atom. The molecule has 0 bridgehead atoms. The Bertz CT molecular complexity index is 575. The van der Waals surface area contributed by atoms with Gasteiger partial charge in [-0.1, -0.05) is 31.5 Å². The summed E-state index contributed by atoms with van der Waals surface area (Å²) in [5.74, 6) is -0.260. The fourth-order valence-corrected chi connectivity index (χ4v) is 3.31. The molecule has 2 rings (SSSR count). The van der Waals surface area contributed by atoms with Crippen LogP contribution in [0.3, 0.4) is 0 Å². The standard InChI is InChI=1S/C15H18ClFN2S/c1-15(2,14-19-10(6-7-18)9-20-14)8-11-12(16)4-3-5-13(11)17/h3-5,9H,6-8,18H2,1-2H3. The normalized spacial score (nSPS) is 11.8. The van der Waals surface area contributed by atoms with Crippen molar-refractivity contribution >= 4 is 22.9 Å². The molecule has 0 fully saturated rings. The fraction of sp³-hybridized carbons (Fsp3) is 0.400. The van der Waals surface area contributed by atoms with Crippen molar-refractivity contribution in [2.75, 3.05) is 6.54 Å². The van der Waals surface area contributed by atoms with Crippen molar-refractivity contribution < 1.29 is 4.39 Å². The molecule has 1 heterocycles. The number of thiazole rings is 1. The number of aromatic nitrogens is 1. The first-order chi connectivity index (χ1) is 9.44. The zero-order chi connectivity index (χ0) is 14.8. The van der Waals surface area contributed by atoms with E-state index in [1.165, 1.54) is 6.07 Å². The second-order valence-electron chi connectivity index (χ2n) is 5.44. The predicted octanol–water partition coefficient (Wildman–Crippen LogP) is 3.96. The van der Waals surface area contributed by atoms with Gasteiger partial charge in [-0.25, -0.2) is 9.37 Å². The molecule has 0 aliphatic carbocycles. The summed E-state index contributed by atoms with van der Waals surface area (Å²) in [4.78, 5) is 4.60. The molecule has 0 amide bonds. The average Bonchev–Trinajstić information content (AvgIpc) is 2.84. The number of hydrogen-bond acceptors (Lipinski definition) is 3. The van der Waals surface area contributed by atoms with Crippen LogP contribution < -0.4 is 5.73 Å². The van der Waals surface area contributed by atoms with Crippen LogP contribution in [0, 0.1) is 5.82 Å². The highest BCUT2D eigenvalue weighted by atomic mass is 35.5. The van der Waals surface area contributed by atoms with Gasteiger partial charge >= 0.3 is 0 Å². The van der Waals surface area contributed by atoms with Crippen LogP contribution in [0.5, 0.6) is 0 Å². The SMILES string of the molecule is CC(C)(Cc1c(F)cccc1Cl)c1nc(CCN)cs1. The lowest BCUT2D eigenvalue weighted by Crippen LogP contribution is -2.21. The molecule has 20 heavy (non-hydrogen) atoms. The van der Waals surface area contributed by atoms with Gasteiger partial charge in [0.25, 0.3) is 0 Å². The molecule has 0 saturated heterocycles. The molecule has 2 aromatic rings. The summed E-state index contributed by atoms with van der Waals surface area (Å²) in [6.07, 6.45) is 1.29. The second-order valence-corrected chi connectivity index (χ2v) is 6.71. The van der Waals surface area contributed by atoms with Gasteiger partial charge in [0.1, 0.15) is 5.82 Å². The molecule has 1 aromatic carbocycles. The van der Waals surface area contributed by atoms with E-state index in [1.807, 2.05) is 5.38 Å². The molecule has 5 heteroatoms. The van der Waals surface area contributed by atoms with E-state index in [2.05, 4.69) is 18.8 Å². The van der Waals surface area contributed by atoms with Crippen molar-refractivity contribution in [2.45, 2.75) is 32.1 Å². The highest BCUT2D eigenvalue weighted by molar-refractivity contribution is 7.09. The van der Waals surface area contributed by atoms with Crippen molar-refractivity contribution in [1.82, 2.24) is 4.98 Å². The monoisotopic (exact) mass is 312 g/mol. The minimum atomic E-state index is -0.261. The third-order valence-electron chi connectivity index (χ3n) is 3.21. The predicted molar refractivity (Wildman–Crippen MR) is 83.0 cm³/mol. The maximum atomic E-state index is 13.9. The first-order valence-corrected chi connectivity index (χ1v) is 7.77. The van der Waals surface area contributed by atoms with Crippen LogP contribution in [-0.4, -0.2) is 11.5 Å². The zero-order valence-corrected chi connectivity index (χ0v) is 13.2. The van der Waals surface area contributed by atoms with E-state index in [4.69, 9.17) is 17.3 Å². The number of nitrogens with two attached hydrogens (primary N) is 1. The lowest BCUT2D eigenvalue weighted by molar-refractivity contribution is 0.497. The average molecular weight is 313 g/mol. The Labute approximate surface area is 127 Å². The van der Waals surface area contributed by atoms with Crippen LogP contribution in [0.4, 0.5) is 4.39 Å². The van der Waals surface area contributed by atoms with Crippen molar-refractivity contribution in [1.29, 1.82) is 0 Å². The maximum absolute atomic E-state index is 13.9. The first kappa shape index (κ1) is 15.4. The number of hydrogen-bond donors (Lipinski definition) is 1. The molecule has 0 aliphatic heterocycles. The van der Waals surface area contributed by atoms with Crippen molar-refractivity contribution in [3.63, 3.8) is 0 Å². The summed E-state index contributed by atoms with van der Waals surface area (Å²) in [5.41, 5.74) is 6.83. The van der Waals surface area contributed by atoms with Gasteiger partial charge in [0.2, 0.25) is 0 Å². The topological polar surface area (TPSA) is 38.9 Å². The molecular formula is C15H18ClFN2S. The van der Waals surface area contributed by atoms with Crippen LogP contribution >= 0.6 is 22.9 Å². The molecule has 2 nitrogen and oxygen atoms in total. The number of rotatable bonds is 5. The van der Waals surface area contributed by atoms with Gasteiger partial charge in [0.05, 0.1) is 10.7 Å². The third-order valence-corrected chi connectivity index (χ3v) is 4.82. The zero-order valence-electron chi connectivity index (χ0n) is 11.6. The summed E-state index contributed by atoms with van der Waals surface area (Å²) in [7, 11) is 0. The third kappa shape index (κ3) is 3.37. The van der Waals surface area contributed by atoms with Gasteiger partial charge in [-0.15, -0.1) is 11.3 Å². The van der Waals surface area contributed by atoms with Gasteiger partial charge < -0.3 is 5.73 Å². The van der Waals surface area contributed by atoms with Crippen molar-refractivity contribution in [2.24, 2.45) is 5.73 Å². The molecule has 0 radical (unpaired) electrons. The molecule has 0 spiro atoms. The van der Waals surface area contributed by atoms with E-state index < -0.39 is 0 Å². The van der Waals surface area contributed by atoms with Crippen molar-refractivity contribution in [3.05, 3.63) is 50.7 Å². The van der Waals surface area contributed by atoms with Crippen LogP contribution in [0.25, 0.3) is 0 Å². The summed E-state index contributed by atoms with van der Waals surface area (Å²) in [6, 6.07) is 4.79. The van der Waals surface area contributed by atoms with Gasteiger partial charge in [0, 0.05) is 27.8 Å². The molecule has 0 saturated carbocycles. The van der Waals surface area contributed by atoms with E-state index >= 15 is 0 Å². The number of nitrogens with zero attached hydrogens (tertiary/aromatic N) is 1. The highest BCUT2D eigenvalue weighted by Gasteiger charge is 2.27. The summed E-state index contributed by atoms with van der Waals surface area (Å²) >= 11 is 7.70. The van der Waals surface area contributed by atoms with E-state index in [1.54, 1.807) is 23.5 Å². The minimum absolute atomic E-state index is 0.260. The minimum Gasteiger partial charge on any atom is -0.330 e. The Morgan fingerprint density at radius 1 is 1.40 bits per heavy atom. The lowest BCUT2D eigenvalue weighted by Gasteiger charge is -2.23. The molecule has 108 valence electrons. The Balaban J connectivity index is 2.25. The Hall–Kier alpha value is -0.970. The van der Waals surface area contributed by atoms with Crippen LogP contribution in [0.2, 0.25) is 5.02 Å². The summed E-state index contributed by atoms with van der Waals surface area (Å²) < 4.78 is 13.9. The summed E-state index contributed by atoms with van der Waals surface area (Å²) in [6.45, 7) is 4.70. The highest BCUT2D eigenvalue weighted by Crippen LogP contribution is 2.33. The number of benzene rings is 1. The Morgan fingerprint density at radius 3 is 2.80 bits per heavy atom. The maximum Gasteiger partial charge on any atom is 0.127 e. The molecular weight excluding hydrogens is 295 g/mol. The Kier molecular flexibility index (Phi) is 4.78. The molecule has 0 unspecified atom stereocenters. The van der Waals surface area contributed by atoms with Crippen molar-refractivity contribution in [3.8, 4) is 0 Å². The largest absolute Gasteiger partial charge is 0.330 e. The van der Waals surface area contributed by atoms with Gasteiger partial charge in [0.15, 0.2) is 0 Å². The first-order valence-electron chi connectivity index (χ1n) is 6.52. The van der Waals surface area contributed by atoms with Crippen LogP contribution in [0.1, 0.15) is 30.1 Å². The lowest BCUT2D eigenvalue weighted by atomic mass is 9.86. The molecule has 1 aromatic heterocycles. The molecule has 0 aliphatic rings. The van der Waals surface area contributed by atoms with Gasteiger partial charge in [-0.2, -0.15) is 0 Å². The molecule has 2 N–H and O–H groups in total. The van der Waals surface area contributed by atoms with Gasteiger partial charge in [-0.05, 0) is 25.1 Å². The van der Waals surface area contributed by atoms with Gasteiger partial charge in [-0.3, -0.25) is 0 Å². The van der Waals surface area contributed by atoms with E-state index in [-0.39, 0.29) is 11.2 Å². The van der Waals surface area contributed by atoms with Crippen LogP contribution in [-0.2, 0) is 18.3 Å². The second kappa shape index (κ2) is 6.20. The summed E-state index contributed by atoms with van der Waals surface area (Å²) in [5, 5.41) is 3.48. The van der Waals surface area contributed by atoms with E-state index in [0.29, 0.717) is 23.6 Å². The smallest absolute Gasteiger partial charge is 0.127 e.